The van der Waals surface area contributed by atoms with Crippen LogP contribution in [0.2, 0.25) is 0 Å². The molecule has 1 heterocycles. The number of nitrogens with one attached hydrogen (secondary N) is 2. The second-order valence-corrected chi connectivity index (χ2v) is 5.90. The van der Waals surface area contributed by atoms with Crippen molar-refractivity contribution in [2.45, 2.75) is 47.0 Å². The summed E-state index contributed by atoms with van der Waals surface area (Å²) in [6.45, 7) is 13.8. The maximum atomic E-state index is 5.60. The summed E-state index contributed by atoms with van der Waals surface area (Å²) in [4.78, 5) is 9.05. The highest BCUT2D eigenvalue weighted by molar-refractivity contribution is 5.47. The first-order valence-corrected chi connectivity index (χ1v) is 7.97. The third-order valence-corrected chi connectivity index (χ3v) is 3.01. The second-order valence-electron chi connectivity index (χ2n) is 5.90. The summed E-state index contributed by atoms with van der Waals surface area (Å²) < 4.78 is 5.60. The maximum Gasteiger partial charge on any atom is 0.135 e. The fourth-order valence-corrected chi connectivity index (χ4v) is 1.76. The molecule has 120 valence electrons. The topological polar surface area (TPSA) is 59.1 Å². The van der Waals surface area contributed by atoms with E-state index < -0.39 is 0 Å². The van der Waals surface area contributed by atoms with Gasteiger partial charge >= 0.3 is 0 Å². The van der Waals surface area contributed by atoms with E-state index in [0.717, 1.165) is 43.6 Å². The van der Waals surface area contributed by atoms with E-state index in [1.807, 2.05) is 6.07 Å². The first-order chi connectivity index (χ1) is 10.0. The van der Waals surface area contributed by atoms with Crippen molar-refractivity contribution in [3.63, 3.8) is 0 Å². The van der Waals surface area contributed by atoms with Crippen molar-refractivity contribution in [1.82, 2.24) is 9.97 Å². The third-order valence-electron chi connectivity index (χ3n) is 3.01. The molecular weight excluding hydrogens is 264 g/mol. The fourth-order valence-electron chi connectivity index (χ4n) is 1.76. The minimum Gasteiger partial charge on any atom is -0.380 e. The lowest BCUT2D eigenvalue weighted by atomic mass is 10.1. The van der Waals surface area contributed by atoms with E-state index in [-0.39, 0.29) is 0 Å². The Labute approximate surface area is 128 Å². The van der Waals surface area contributed by atoms with Crippen molar-refractivity contribution in [1.29, 1.82) is 0 Å². The summed E-state index contributed by atoms with van der Waals surface area (Å²) in [5.74, 6) is 3.59. The van der Waals surface area contributed by atoms with Crippen molar-refractivity contribution >= 4 is 11.6 Å². The van der Waals surface area contributed by atoms with Gasteiger partial charge in [-0.2, -0.15) is 0 Å². The Morgan fingerprint density at radius 3 is 2.29 bits per heavy atom. The molecule has 0 unspecified atom stereocenters. The molecule has 0 aromatic carbocycles. The minimum atomic E-state index is 0.312. The van der Waals surface area contributed by atoms with Gasteiger partial charge in [-0.15, -0.1) is 0 Å². The Bertz CT molecular complexity index is 407. The van der Waals surface area contributed by atoms with Crippen LogP contribution >= 0.6 is 0 Å². The molecule has 0 atom stereocenters. The number of ether oxygens (including phenoxy) is 1. The number of hydrogen-bond acceptors (Lipinski definition) is 5. The molecule has 1 aromatic heterocycles. The number of nitrogens with zero attached hydrogens (tertiary/aromatic N) is 2. The summed E-state index contributed by atoms with van der Waals surface area (Å²) >= 11 is 0. The Balaban J connectivity index is 2.46. The van der Waals surface area contributed by atoms with Gasteiger partial charge in [0.15, 0.2) is 0 Å². The van der Waals surface area contributed by atoms with E-state index in [1.165, 1.54) is 0 Å². The lowest BCUT2D eigenvalue weighted by Gasteiger charge is -2.12. The molecule has 1 rings (SSSR count). The van der Waals surface area contributed by atoms with E-state index >= 15 is 0 Å². The normalized spacial score (nSPS) is 11.2. The second kappa shape index (κ2) is 9.55. The maximum absolute atomic E-state index is 5.60. The van der Waals surface area contributed by atoms with Gasteiger partial charge in [-0.05, 0) is 19.3 Å². The largest absolute Gasteiger partial charge is 0.380 e. The molecule has 1 aromatic rings. The molecule has 0 aliphatic rings. The molecule has 21 heavy (non-hydrogen) atoms. The highest BCUT2D eigenvalue weighted by Gasteiger charge is 2.07. The van der Waals surface area contributed by atoms with Crippen molar-refractivity contribution in [3.8, 4) is 0 Å². The number of aromatic nitrogens is 2. The highest BCUT2D eigenvalue weighted by atomic mass is 16.5. The highest BCUT2D eigenvalue weighted by Crippen LogP contribution is 2.16. The summed E-state index contributed by atoms with van der Waals surface area (Å²) in [5, 5.41) is 6.55. The lowest BCUT2D eigenvalue weighted by molar-refractivity contribution is 0.132. The monoisotopic (exact) mass is 294 g/mol. The molecule has 0 spiro atoms. The average Bonchev–Trinajstić information content (AvgIpc) is 2.42. The molecular formula is C16H30N4O. The molecule has 0 radical (unpaired) electrons. The van der Waals surface area contributed by atoms with E-state index in [9.17, 15) is 0 Å². The molecule has 0 fully saturated rings. The standard InChI is InChI=1S/C16H30N4O/c1-6-17-14-11-15(20-16(19-14)13(4)5)18-8-10-21-9-7-12(2)3/h11-13H,6-10H2,1-5H3,(H2,17,18,19,20). The van der Waals surface area contributed by atoms with Gasteiger partial charge in [0.2, 0.25) is 0 Å². The van der Waals surface area contributed by atoms with Gasteiger partial charge in [-0.1, -0.05) is 27.7 Å². The number of anilines is 2. The summed E-state index contributed by atoms with van der Waals surface area (Å²) in [6.07, 6.45) is 1.11. The summed E-state index contributed by atoms with van der Waals surface area (Å²) in [5.41, 5.74) is 0. The zero-order chi connectivity index (χ0) is 15.7. The van der Waals surface area contributed by atoms with Crippen LogP contribution in [0.25, 0.3) is 0 Å². The van der Waals surface area contributed by atoms with E-state index in [4.69, 9.17) is 4.74 Å². The summed E-state index contributed by atoms with van der Waals surface area (Å²) in [6, 6.07) is 1.95. The zero-order valence-corrected chi connectivity index (χ0v) is 14.1. The first kappa shape index (κ1) is 17.7. The van der Waals surface area contributed by atoms with Crippen LogP contribution < -0.4 is 10.6 Å². The molecule has 0 aliphatic carbocycles. The van der Waals surface area contributed by atoms with Gasteiger partial charge in [0.05, 0.1) is 6.61 Å². The molecule has 0 saturated heterocycles. The van der Waals surface area contributed by atoms with Crippen molar-refractivity contribution < 1.29 is 4.74 Å². The van der Waals surface area contributed by atoms with E-state index in [2.05, 4.69) is 55.2 Å². The molecule has 2 N–H and O–H groups in total. The van der Waals surface area contributed by atoms with Crippen LogP contribution in [0.4, 0.5) is 11.6 Å². The quantitative estimate of drug-likeness (QED) is 0.647. The van der Waals surface area contributed by atoms with Crippen LogP contribution in [0.3, 0.4) is 0 Å². The SMILES string of the molecule is CCNc1cc(NCCOCCC(C)C)nc(C(C)C)n1. The lowest BCUT2D eigenvalue weighted by Crippen LogP contribution is -2.14. The van der Waals surface area contributed by atoms with Gasteiger partial charge in [0.1, 0.15) is 17.5 Å². The van der Waals surface area contributed by atoms with Gasteiger partial charge in [-0.25, -0.2) is 9.97 Å². The van der Waals surface area contributed by atoms with Crippen molar-refractivity contribution in [2.24, 2.45) is 5.92 Å². The van der Waals surface area contributed by atoms with Crippen molar-refractivity contribution in [2.75, 3.05) is 36.9 Å². The fraction of sp³-hybridized carbons (Fsp3) is 0.750. The first-order valence-electron chi connectivity index (χ1n) is 7.97. The molecule has 5 heteroatoms. The zero-order valence-electron chi connectivity index (χ0n) is 14.1. The minimum absolute atomic E-state index is 0.312. The Kier molecular flexibility index (Phi) is 8.05. The van der Waals surface area contributed by atoms with Gasteiger partial charge in [0.25, 0.3) is 0 Å². The van der Waals surface area contributed by atoms with Crippen LogP contribution in [-0.4, -0.2) is 36.3 Å². The number of hydrogen-bond donors (Lipinski definition) is 2. The van der Waals surface area contributed by atoms with Gasteiger partial charge in [-0.3, -0.25) is 0 Å². The van der Waals surface area contributed by atoms with Crippen molar-refractivity contribution in [3.05, 3.63) is 11.9 Å². The molecule has 0 amide bonds. The van der Waals surface area contributed by atoms with Crippen LogP contribution in [0.15, 0.2) is 6.07 Å². The Morgan fingerprint density at radius 2 is 1.71 bits per heavy atom. The predicted octanol–water partition coefficient (Wildman–Crippen LogP) is 3.51. The molecule has 5 nitrogen and oxygen atoms in total. The van der Waals surface area contributed by atoms with Gasteiger partial charge < -0.3 is 15.4 Å². The van der Waals surface area contributed by atoms with Crippen LogP contribution in [-0.2, 0) is 4.74 Å². The smallest absolute Gasteiger partial charge is 0.135 e. The molecule has 0 bridgehead atoms. The third kappa shape index (κ3) is 7.27. The van der Waals surface area contributed by atoms with Crippen LogP contribution in [0.1, 0.15) is 52.8 Å². The van der Waals surface area contributed by atoms with Gasteiger partial charge in [0, 0.05) is 31.7 Å². The van der Waals surface area contributed by atoms with E-state index in [0.29, 0.717) is 18.4 Å². The summed E-state index contributed by atoms with van der Waals surface area (Å²) in [7, 11) is 0. The van der Waals surface area contributed by atoms with Crippen LogP contribution in [0.5, 0.6) is 0 Å². The Morgan fingerprint density at radius 1 is 1.05 bits per heavy atom. The molecule has 0 saturated carbocycles. The number of rotatable bonds is 10. The predicted molar refractivity (Wildman–Crippen MR) is 89.0 cm³/mol. The Hall–Kier alpha value is -1.36. The average molecular weight is 294 g/mol. The molecule has 0 aliphatic heterocycles. The van der Waals surface area contributed by atoms with E-state index in [1.54, 1.807) is 0 Å². The van der Waals surface area contributed by atoms with Crippen LogP contribution in [0, 0.1) is 5.92 Å².